The summed E-state index contributed by atoms with van der Waals surface area (Å²) in [6, 6.07) is 5.33. The highest BCUT2D eigenvalue weighted by molar-refractivity contribution is 5.91. The highest BCUT2D eigenvalue weighted by Crippen LogP contribution is 2.32. The molecule has 0 fully saturated rings. The molecule has 0 radical (unpaired) electrons. The van der Waals surface area contributed by atoms with Crippen molar-refractivity contribution in [1.29, 1.82) is 0 Å². The Morgan fingerprint density at radius 1 is 1.13 bits per heavy atom. The molecule has 2 amide bonds. The fourth-order valence-electron chi connectivity index (χ4n) is 2.06. The molecule has 0 aliphatic carbocycles. The molecule has 0 atom stereocenters. The van der Waals surface area contributed by atoms with E-state index in [-0.39, 0.29) is 11.8 Å². The first kappa shape index (κ1) is 17.1. The van der Waals surface area contributed by atoms with Gasteiger partial charge in [-0.05, 0) is 18.6 Å². The summed E-state index contributed by atoms with van der Waals surface area (Å²) in [6.45, 7) is 7.12. The maximum atomic E-state index is 11.9. The number of anilines is 1. The van der Waals surface area contributed by atoms with Crippen molar-refractivity contribution in [3.63, 3.8) is 0 Å². The Labute approximate surface area is 136 Å². The van der Waals surface area contributed by atoms with E-state index >= 15 is 0 Å². The molecule has 1 aromatic rings. The molecular weight excluding hydrogens is 296 g/mol. The van der Waals surface area contributed by atoms with Gasteiger partial charge in [-0.15, -0.1) is 0 Å². The third-order valence-corrected chi connectivity index (χ3v) is 3.37. The van der Waals surface area contributed by atoms with Crippen LogP contribution in [0.2, 0.25) is 0 Å². The first-order valence-electron chi connectivity index (χ1n) is 7.84. The maximum absolute atomic E-state index is 11.9. The van der Waals surface area contributed by atoms with Crippen LogP contribution in [-0.4, -0.2) is 31.6 Å². The van der Waals surface area contributed by atoms with E-state index in [4.69, 9.17) is 9.47 Å². The van der Waals surface area contributed by atoms with Gasteiger partial charge in [0.05, 0.1) is 0 Å². The van der Waals surface area contributed by atoms with Crippen LogP contribution < -0.4 is 20.1 Å². The van der Waals surface area contributed by atoms with Gasteiger partial charge in [-0.25, -0.2) is 0 Å². The molecule has 6 heteroatoms. The highest BCUT2D eigenvalue weighted by Gasteiger charge is 2.20. The minimum atomic E-state index is -0.409. The smallest absolute Gasteiger partial charge is 0.225 e. The Morgan fingerprint density at radius 2 is 1.83 bits per heavy atom. The zero-order chi connectivity index (χ0) is 16.9. The number of carbonyl (C=O) groups is 2. The zero-order valence-corrected chi connectivity index (χ0v) is 13.9. The van der Waals surface area contributed by atoms with Gasteiger partial charge in [0.15, 0.2) is 11.5 Å². The van der Waals surface area contributed by atoms with E-state index in [1.165, 1.54) is 0 Å². The van der Waals surface area contributed by atoms with E-state index in [2.05, 4.69) is 10.6 Å². The Hall–Kier alpha value is -2.24. The zero-order valence-electron chi connectivity index (χ0n) is 13.9. The molecule has 1 aliphatic rings. The maximum Gasteiger partial charge on any atom is 0.225 e. The molecule has 23 heavy (non-hydrogen) atoms. The number of amides is 2. The molecule has 0 spiro atoms. The van der Waals surface area contributed by atoms with Gasteiger partial charge in [-0.2, -0.15) is 0 Å². The number of benzene rings is 1. The second-order valence-corrected chi connectivity index (χ2v) is 6.52. The van der Waals surface area contributed by atoms with Crippen molar-refractivity contribution in [2.45, 2.75) is 33.6 Å². The lowest BCUT2D eigenvalue weighted by molar-refractivity contribution is -0.128. The molecule has 0 saturated carbocycles. The molecule has 2 N–H and O–H groups in total. The number of ether oxygens (including phenoxy) is 2. The van der Waals surface area contributed by atoms with E-state index < -0.39 is 5.41 Å². The average Bonchev–Trinajstić information content (AvgIpc) is 2.50. The van der Waals surface area contributed by atoms with Crippen LogP contribution in [0.3, 0.4) is 0 Å². The number of nitrogens with one attached hydrogen (secondary N) is 2. The molecule has 1 heterocycles. The van der Waals surface area contributed by atoms with E-state index in [0.717, 1.165) is 0 Å². The van der Waals surface area contributed by atoms with Gasteiger partial charge in [0.25, 0.3) is 0 Å². The molecule has 1 aliphatic heterocycles. The molecule has 0 aromatic heterocycles. The van der Waals surface area contributed by atoms with E-state index in [1.54, 1.807) is 18.2 Å². The van der Waals surface area contributed by atoms with Crippen molar-refractivity contribution in [2.75, 3.05) is 25.1 Å². The molecule has 0 unspecified atom stereocenters. The van der Waals surface area contributed by atoms with Crippen LogP contribution >= 0.6 is 0 Å². The van der Waals surface area contributed by atoms with Gasteiger partial charge in [0.1, 0.15) is 13.2 Å². The number of hydrogen-bond acceptors (Lipinski definition) is 4. The first-order chi connectivity index (χ1) is 10.9. The van der Waals surface area contributed by atoms with Crippen LogP contribution in [0.1, 0.15) is 33.6 Å². The van der Waals surface area contributed by atoms with Gasteiger partial charge in [-0.1, -0.05) is 20.8 Å². The van der Waals surface area contributed by atoms with Crippen LogP contribution in [-0.2, 0) is 9.59 Å². The largest absolute Gasteiger partial charge is 0.486 e. The van der Waals surface area contributed by atoms with Crippen molar-refractivity contribution in [1.82, 2.24) is 5.32 Å². The second-order valence-electron chi connectivity index (χ2n) is 6.52. The fourth-order valence-corrected chi connectivity index (χ4v) is 2.06. The summed E-state index contributed by atoms with van der Waals surface area (Å²) in [7, 11) is 0. The SMILES string of the molecule is CC(C)(C)C(=O)NCCCC(=O)Nc1ccc2c(c1)OCCO2. The topological polar surface area (TPSA) is 76.7 Å². The molecule has 0 saturated heterocycles. The van der Waals surface area contributed by atoms with Gasteiger partial charge in [0, 0.05) is 30.1 Å². The summed E-state index contributed by atoms with van der Waals surface area (Å²) in [5.41, 5.74) is 0.269. The van der Waals surface area contributed by atoms with Crippen molar-refractivity contribution >= 4 is 17.5 Å². The quantitative estimate of drug-likeness (QED) is 0.817. The molecule has 0 bridgehead atoms. The second kappa shape index (κ2) is 7.35. The normalized spacial score (nSPS) is 13.3. The van der Waals surface area contributed by atoms with E-state index in [9.17, 15) is 9.59 Å². The minimum absolute atomic E-state index is 0.00950. The fraction of sp³-hybridized carbons (Fsp3) is 0.529. The summed E-state index contributed by atoms with van der Waals surface area (Å²) >= 11 is 0. The van der Waals surface area contributed by atoms with Crippen molar-refractivity contribution < 1.29 is 19.1 Å². The molecule has 2 rings (SSSR count). The summed E-state index contributed by atoms with van der Waals surface area (Å²) < 4.78 is 10.9. The standard InChI is InChI=1S/C17H24N2O4/c1-17(2,3)16(21)18-8-4-5-15(20)19-12-6-7-13-14(11-12)23-10-9-22-13/h6-7,11H,4-5,8-10H2,1-3H3,(H,18,21)(H,19,20). The molecule has 126 valence electrons. The van der Waals surface area contributed by atoms with Crippen LogP contribution in [0.25, 0.3) is 0 Å². The van der Waals surface area contributed by atoms with Crippen LogP contribution in [0.4, 0.5) is 5.69 Å². The van der Waals surface area contributed by atoms with Crippen LogP contribution in [0.15, 0.2) is 18.2 Å². The Kier molecular flexibility index (Phi) is 5.47. The van der Waals surface area contributed by atoms with Gasteiger partial charge in [-0.3, -0.25) is 9.59 Å². The number of carbonyl (C=O) groups excluding carboxylic acids is 2. The average molecular weight is 320 g/mol. The summed E-state index contributed by atoms with van der Waals surface area (Å²) in [6.07, 6.45) is 0.942. The molecular formula is C17H24N2O4. The third kappa shape index (κ3) is 5.16. The lowest BCUT2D eigenvalue weighted by Gasteiger charge is -2.19. The number of rotatable bonds is 5. The molecule has 6 nitrogen and oxygen atoms in total. The lowest BCUT2D eigenvalue weighted by Crippen LogP contribution is -2.35. The number of hydrogen-bond donors (Lipinski definition) is 2. The van der Waals surface area contributed by atoms with Gasteiger partial charge >= 0.3 is 0 Å². The highest BCUT2D eigenvalue weighted by atomic mass is 16.6. The van der Waals surface area contributed by atoms with Gasteiger partial charge < -0.3 is 20.1 Å². The summed E-state index contributed by atoms with van der Waals surface area (Å²) in [5.74, 6) is 1.24. The Bertz CT molecular complexity index is 578. The van der Waals surface area contributed by atoms with Gasteiger partial charge in [0.2, 0.25) is 11.8 Å². The third-order valence-electron chi connectivity index (χ3n) is 3.37. The van der Waals surface area contributed by atoms with Crippen molar-refractivity contribution in [3.8, 4) is 11.5 Å². The van der Waals surface area contributed by atoms with E-state index in [1.807, 2.05) is 20.8 Å². The van der Waals surface area contributed by atoms with Crippen LogP contribution in [0, 0.1) is 5.41 Å². The molecule has 1 aromatic carbocycles. The predicted molar refractivity (Wildman–Crippen MR) is 87.8 cm³/mol. The van der Waals surface area contributed by atoms with Crippen molar-refractivity contribution in [3.05, 3.63) is 18.2 Å². The van der Waals surface area contributed by atoms with Crippen molar-refractivity contribution in [2.24, 2.45) is 5.41 Å². The summed E-state index contributed by atoms with van der Waals surface area (Å²) in [5, 5.41) is 5.65. The van der Waals surface area contributed by atoms with Crippen LogP contribution in [0.5, 0.6) is 11.5 Å². The minimum Gasteiger partial charge on any atom is -0.486 e. The Balaban J connectivity index is 1.74. The monoisotopic (exact) mass is 320 g/mol. The van der Waals surface area contributed by atoms with E-state index in [0.29, 0.717) is 49.8 Å². The predicted octanol–water partition coefficient (Wildman–Crippen LogP) is 2.34. The summed E-state index contributed by atoms with van der Waals surface area (Å²) in [4.78, 5) is 23.6. The number of fused-ring (bicyclic) bond motifs is 1. The lowest BCUT2D eigenvalue weighted by atomic mass is 9.96. The Morgan fingerprint density at radius 3 is 2.52 bits per heavy atom. The first-order valence-corrected chi connectivity index (χ1v) is 7.84.